The fourth-order valence-corrected chi connectivity index (χ4v) is 1.21. The molecule has 3 nitrogen and oxygen atoms in total. The predicted molar refractivity (Wildman–Crippen MR) is 54.6 cm³/mol. The van der Waals surface area contributed by atoms with Crippen LogP contribution in [0.3, 0.4) is 0 Å². The molecule has 1 aliphatic carbocycles. The Balaban J connectivity index is 1.98. The first-order valence-electron chi connectivity index (χ1n) is 4.71. The Bertz CT molecular complexity index is 305. The summed E-state index contributed by atoms with van der Waals surface area (Å²) >= 11 is 0. The molecule has 1 aliphatic rings. The number of hydrogen-bond acceptors (Lipinski definition) is 3. The van der Waals surface area contributed by atoms with Gasteiger partial charge in [0.15, 0.2) is 0 Å². The maximum atomic E-state index is 5.76. The topological polar surface area (TPSA) is 50.9 Å². The number of hydrogen-bond donors (Lipinski definition) is 2. The van der Waals surface area contributed by atoms with E-state index in [4.69, 9.17) is 5.73 Å². The number of pyridine rings is 1. The van der Waals surface area contributed by atoms with Gasteiger partial charge in [-0.25, -0.2) is 4.98 Å². The molecule has 1 saturated carbocycles. The summed E-state index contributed by atoms with van der Waals surface area (Å²) in [5.41, 5.74) is 7.61. The Morgan fingerprint density at radius 2 is 2.38 bits per heavy atom. The largest absolute Gasteiger partial charge is 0.398 e. The molecule has 3 heteroatoms. The van der Waals surface area contributed by atoms with Gasteiger partial charge in [-0.1, -0.05) is 0 Å². The van der Waals surface area contributed by atoms with Gasteiger partial charge in [0, 0.05) is 24.5 Å². The lowest BCUT2D eigenvalue weighted by Gasteiger charge is -2.06. The highest BCUT2D eigenvalue weighted by Crippen LogP contribution is 2.28. The van der Waals surface area contributed by atoms with Crippen LogP contribution in [0.1, 0.15) is 18.4 Å². The molecule has 0 amide bonds. The van der Waals surface area contributed by atoms with Crippen molar-refractivity contribution in [3.63, 3.8) is 0 Å². The van der Waals surface area contributed by atoms with Gasteiger partial charge in [0.05, 0.1) is 0 Å². The molecular formula is C10H15N3. The van der Waals surface area contributed by atoms with Crippen molar-refractivity contribution in [2.45, 2.75) is 19.8 Å². The zero-order valence-electron chi connectivity index (χ0n) is 7.88. The first-order chi connectivity index (χ1) is 6.25. The molecular weight excluding hydrogens is 162 g/mol. The highest BCUT2D eigenvalue weighted by atomic mass is 15.0. The summed E-state index contributed by atoms with van der Waals surface area (Å²) in [5.74, 6) is 1.76. The van der Waals surface area contributed by atoms with Crippen LogP contribution in [-0.4, -0.2) is 11.5 Å². The van der Waals surface area contributed by atoms with Crippen molar-refractivity contribution in [2.75, 3.05) is 17.6 Å². The molecule has 0 spiro atoms. The van der Waals surface area contributed by atoms with Crippen molar-refractivity contribution in [3.05, 3.63) is 17.8 Å². The van der Waals surface area contributed by atoms with Crippen molar-refractivity contribution < 1.29 is 0 Å². The lowest BCUT2D eigenvalue weighted by molar-refractivity contribution is 0.883. The van der Waals surface area contributed by atoms with E-state index < -0.39 is 0 Å². The van der Waals surface area contributed by atoms with Gasteiger partial charge in [0.25, 0.3) is 0 Å². The Hall–Kier alpha value is -1.25. The lowest BCUT2D eigenvalue weighted by Crippen LogP contribution is -2.05. The lowest BCUT2D eigenvalue weighted by atomic mass is 10.2. The fraction of sp³-hybridized carbons (Fsp3) is 0.500. The summed E-state index contributed by atoms with van der Waals surface area (Å²) in [7, 11) is 0. The summed E-state index contributed by atoms with van der Waals surface area (Å²) < 4.78 is 0. The van der Waals surface area contributed by atoms with Gasteiger partial charge in [0.1, 0.15) is 5.82 Å². The van der Waals surface area contributed by atoms with Crippen molar-refractivity contribution in [1.82, 2.24) is 4.98 Å². The third-order valence-corrected chi connectivity index (χ3v) is 2.41. The van der Waals surface area contributed by atoms with E-state index in [1.807, 2.05) is 19.2 Å². The maximum absolute atomic E-state index is 5.76. The zero-order valence-corrected chi connectivity index (χ0v) is 7.88. The van der Waals surface area contributed by atoms with Crippen LogP contribution in [0.2, 0.25) is 0 Å². The van der Waals surface area contributed by atoms with E-state index in [-0.39, 0.29) is 0 Å². The summed E-state index contributed by atoms with van der Waals surface area (Å²) in [4.78, 5) is 4.25. The number of nitrogens with one attached hydrogen (secondary N) is 1. The number of aryl methyl sites for hydroxylation is 1. The Morgan fingerprint density at radius 3 is 3.00 bits per heavy atom. The van der Waals surface area contributed by atoms with Crippen molar-refractivity contribution in [2.24, 2.45) is 5.92 Å². The Kier molecular flexibility index (Phi) is 2.08. The minimum Gasteiger partial charge on any atom is -0.398 e. The van der Waals surface area contributed by atoms with Gasteiger partial charge in [-0.15, -0.1) is 0 Å². The van der Waals surface area contributed by atoms with Crippen LogP contribution in [0.5, 0.6) is 0 Å². The van der Waals surface area contributed by atoms with Crippen LogP contribution >= 0.6 is 0 Å². The molecule has 0 atom stereocenters. The van der Waals surface area contributed by atoms with Gasteiger partial charge in [0.2, 0.25) is 0 Å². The summed E-state index contributed by atoms with van der Waals surface area (Å²) in [5, 5.41) is 3.28. The second-order valence-corrected chi connectivity index (χ2v) is 3.75. The monoisotopic (exact) mass is 177 g/mol. The minimum absolute atomic E-state index is 0.813. The fourth-order valence-electron chi connectivity index (χ4n) is 1.21. The number of rotatable bonds is 3. The first kappa shape index (κ1) is 8.35. The van der Waals surface area contributed by atoms with Gasteiger partial charge in [-0.05, 0) is 31.2 Å². The predicted octanol–water partition coefficient (Wildman–Crippen LogP) is 1.79. The molecule has 13 heavy (non-hydrogen) atoms. The minimum atomic E-state index is 0.813. The van der Waals surface area contributed by atoms with E-state index in [1.54, 1.807) is 0 Å². The number of nitrogen functional groups attached to an aromatic ring is 1. The molecule has 0 aromatic carbocycles. The number of nitrogens with two attached hydrogens (primary N) is 1. The molecule has 1 aromatic heterocycles. The standard InChI is InChI=1S/C10H15N3/c1-7-5-12-10(4-9(7)11)13-6-8-2-3-8/h4-5,8H,2-3,6H2,1H3,(H3,11,12,13). The van der Waals surface area contributed by atoms with Crippen molar-refractivity contribution >= 4 is 11.5 Å². The SMILES string of the molecule is Cc1cnc(NCC2CC2)cc1N. The van der Waals surface area contributed by atoms with Crippen LogP contribution in [0.4, 0.5) is 11.5 Å². The molecule has 1 fully saturated rings. The molecule has 0 bridgehead atoms. The van der Waals surface area contributed by atoms with Gasteiger partial charge >= 0.3 is 0 Å². The molecule has 1 heterocycles. The normalized spacial score (nSPS) is 15.8. The van der Waals surface area contributed by atoms with Crippen LogP contribution in [-0.2, 0) is 0 Å². The van der Waals surface area contributed by atoms with E-state index >= 15 is 0 Å². The van der Waals surface area contributed by atoms with E-state index in [1.165, 1.54) is 12.8 Å². The molecule has 0 aliphatic heterocycles. The maximum Gasteiger partial charge on any atom is 0.127 e. The first-order valence-corrected chi connectivity index (χ1v) is 4.71. The van der Waals surface area contributed by atoms with Crippen LogP contribution < -0.4 is 11.1 Å². The van der Waals surface area contributed by atoms with E-state index in [2.05, 4.69) is 10.3 Å². The molecule has 3 N–H and O–H groups in total. The van der Waals surface area contributed by atoms with Gasteiger partial charge < -0.3 is 11.1 Å². The second kappa shape index (κ2) is 3.24. The molecule has 0 unspecified atom stereocenters. The van der Waals surface area contributed by atoms with Crippen LogP contribution in [0.25, 0.3) is 0 Å². The molecule has 2 rings (SSSR count). The Labute approximate surface area is 78.4 Å². The van der Waals surface area contributed by atoms with E-state index in [0.29, 0.717) is 0 Å². The number of aromatic nitrogens is 1. The summed E-state index contributed by atoms with van der Waals surface area (Å²) in [6, 6.07) is 1.90. The molecule has 0 saturated heterocycles. The summed E-state index contributed by atoms with van der Waals surface area (Å²) in [6.45, 7) is 3.00. The highest BCUT2D eigenvalue weighted by molar-refractivity contribution is 5.53. The van der Waals surface area contributed by atoms with Crippen LogP contribution in [0, 0.1) is 12.8 Å². The van der Waals surface area contributed by atoms with E-state index in [9.17, 15) is 0 Å². The molecule has 1 aromatic rings. The average Bonchev–Trinajstić information content (AvgIpc) is 2.91. The quantitative estimate of drug-likeness (QED) is 0.740. The zero-order chi connectivity index (χ0) is 9.26. The third kappa shape index (κ3) is 2.11. The molecule has 70 valence electrons. The molecule has 0 radical (unpaired) electrons. The number of anilines is 2. The van der Waals surface area contributed by atoms with Crippen molar-refractivity contribution in [1.29, 1.82) is 0 Å². The number of nitrogens with zero attached hydrogens (tertiary/aromatic N) is 1. The Morgan fingerprint density at radius 1 is 1.62 bits per heavy atom. The van der Waals surface area contributed by atoms with Crippen LogP contribution in [0.15, 0.2) is 12.3 Å². The summed E-state index contributed by atoms with van der Waals surface area (Å²) in [6.07, 6.45) is 4.52. The van der Waals surface area contributed by atoms with Gasteiger partial charge in [-0.3, -0.25) is 0 Å². The highest BCUT2D eigenvalue weighted by Gasteiger charge is 2.20. The second-order valence-electron chi connectivity index (χ2n) is 3.75. The van der Waals surface area contributed by atoms with E-state index in [0.717, 1.165) is 29.5 Å². The smallest absolute Gasteiger partial charge is 0.127 e. The van der Waals surface area contributed by atoms with Crippen molar-refractivity contribution in [3.8, 4) is 0 Å². The van der Waals surface area contributed by atoms with Gasteiger partial charge in [-0.2, -0.15) is 0 Å². The average molecular weight is 177 g/mol. The third-order valence-electron chi connectivity index (χ3n) is 2.41.